The first kappa shape index (κ1) is 17.4. The molecule has 6 nitrogen and oxygen atoms in total. The second kappa shape index (κ2) is 8.07. The van der Waals surface area contributed by atoms with Crippen molar-refractivity contribution >= 4 is 35.3 Å². The van der Waals surface area contributed by atoms with Gasteiger partial charge in [0.1, 0.15) is 5.75 Å². The molecule has 24 heavy (non-hydrogen) atoms. The van der Waals surface area contributed by atoms with Gasteiger partial charge in [0.15, 0.2) is 0 Å². The van der Waals surface area contributed by atoms with Crippen molar-refractivity contribution in [2.75, 3.05) is 14.2 Å². The zero-order valence-electron chi connectivity index (χ0n) is 13.0. The van der Waals surface area contributed by atoms with Gasteiger partial charge >= 0.3 is 17.9 Å². The minimum absolute atomic E-state index is 0.0409. The standard InChI is InChI=1S/C17H14O6S/c1-21-16(19)11-8-12(17(20)22-2)10-13(9-11)23-15(18)6-5-14-4-3-7-24-14/h3-10H,1-2H3/b6-5+. The third-order valence-corrected chi connectivity index (χ3v) is 3.73. The molecule has 0 unspecified atom stereocenters. The lowest BCUT2D eigenvalue weighted by Gasteiger charge is -2.07. The molecule has 1 aromatic carbocycles. The summed E-state index contributed by atoms with van der Waals surface area (Å²) >= 11 is 1.47. The Morgan fingerprint density at radius 1 is 1.00 bits per heavy atom. The molecule has 0 radical (unpaired) electrons. The van der Waals surface area contributed by atoms with Crippen molar-refractivity contribution in [1.29, 1.82) is 0 Å². The van der Waals surface area contributed by atoms with E-state index in [4.69, 9.17) is 4.74 Å². The Morgan fingerprint density at radius 2 is 1.62 bits per heavy atom. The van der Waals surface area contributed by atoms with Crippen molar-refractivity contribution in [2.24, 2.45) is 0 Å². The highest BCUT2D eigenvalue weighted by molar-refractivity contribution is 7.10. The van der Waals surface area contributed by atoms with E-state index in [0.29, 0.717) is 0 Å². The van der Waals surface area contributed by atoms with Crippen LogP contribution < -0.4 is 4.74 Å². The number of hydrogen-bond acceptors (Lipinski definition) is 7. The van der Waals surface area contributed by atoms with Crippen LogP contribution in [-0.2, 0) is 14.3 Å². The van der Waals surface area contributed by atoms with Crippen LogP contribution in [-0.4, -0.2) is 32.1 Å². The fourth-order valence-electron chi connectivity index (χ4n) is 1.82. The van der Waals surface area contributed by atoms with Crippen molar-refractivity contribution in [3.05, 3.63) is 57.8 Å². The maximum Gasteiger partial charge on any atom is 0.338 e. The van der Waals surface area contributed by atoms with Gasteiger partial charge in [-0.05, 0) is 35.7 Å². The monoisotopic (exact) mass is 346 g/mol. The van der Waals surface area contributed by atoms with Crippen LogP contribution in [0.5, 0.6) is 5.75 Å². The van der Waals surface area contributed by atoms with Gasteiger partial charge in [0.25, 0.3) is 0 Å². The second-order valence-corrected chi connectivity index (χ2v) is 5.48. The molecule has 0 aliphatic rings. The minimum Gasteiger partial charge on any atom is -0.465 e. The lowest BCUT2D eigenvalue weighted by atomic mass is 10.1. The van der Waals surface area contributed by atoms with E-state index in [0.717, 1.165) is 4.88 Å². The van der Waals surface area contributed by atoms with Gasteiger partial charge < -0.3 is 14.2 Å². The number of carbonyl (C=O) groups excluding carboxylic acids is 3. The van der Waals surface area contributed by atoms with E-state index in [1.807, 2.05) is 17.5 Å². The molecule has 0 amide bonds. The van der Waals surface area contributed by atoms with Gasteiger partial charge in [-0.2, -0.15) is 0 Å². The van der Waals surface area contributed by atoms with Crippen LogP contribution in [0.1, 0.15) is 25.6 Å². The summed E-state index contributed by atoms with van der Waals surface area (Å²) in [5.41, 5.74) is 0.149. The lowest BCUT2D eigenvalue weighted by molar-refractivity contribution is -0.128. The third kappa shape index (κ3) is 4.53. The summed E-state index contributed by atoms with van der Waals surface area (Å²) in [6.07, 6.45) is 2.87. The molecule has 0 saturated carbocycles. The first-order valence-electron chi connectivity index (χ1n) is 6.78. The van der Waals surface area contributed by atoms with Crippen LogP contribution in [0, 0.1) is 0 Å². The zero-order chi connectivity index (χ0) is 17.5. The normalized spacial score (nSPS) is 10.4. The summed E-state index contributed by atoms with van der Waals surface area (Å²) in [4.78, 5) is 36.1. The van der Waals surface area contributed by atoms with Crippen LogP contribution >= 0.6 is 11.3 Å². The molecular weight excluding hydrogens is 332 g/mol. The smallest absolute Gasteiger partial charge is 0.338 e. The Balaban J connectivity index is 2.23. The Kier molecular flexibility index (Phi) is 5.86. The molecular formula is C17H14O6S. The van der Waals surface area contributed by atoms with Gasteiger partial charge in [-0.25, -0.2) is 14.4 Å². The van der Waals surface area contributed by atoms with Crippen LogP contribution in [0.4, 0.5) is 0 Å². The SMILES string of the molecule is COC(=O)c1cc(OC(=O)/C=C/c2cccs2)cc(C(=O)OC)c1. The highest BCUT2D eigenvalue weighted by atomic mass is 32.1. The van der Waals surface area contributed by atoms with Crippen molar-refractivity contribution in [1.82, 2.24) is 0 Å². The molecule has 124 valence electrons. The Hall–Kier alpha value is -2.93. The lowest BCUT2D eigenvalue weighted by Crippen LogP contribution is -2.09. The summed E-state index contributed by atoms with van der Waals surface area (Å²) in [5.74, 6) is -1.92. The largest absolute Gasteiger partial charge is 0.465 e. The van der Waals surface area contributed by atoms with E-state index in [9.17, 15) is 14.4 Å². The Morgan fingerprint density at radius 3 is 2.12 bits per heavy atom. The molecule has 0 aliphatic heterocycles. The van der Waals surface area contributed by atoms with Crippen molar-refractivity contribution < 1.29 is 28.6 Å². The predicted molar refractivity (Wildman–Crippen MR) is 88.1 cm³/mol. The summed E-state index contributed by atoms with van der Waals surface area (Å²) < 4.78 is 14.4. The van der Waals surface area contributed by atoms with E-state index in [1.54, 1.807) is 6.08 Å². The molecule has 0 bridgehead atoms. The van der Waals surface area contributed by atoms with E-state index in [-0.39, 0.29) is 16.9 Å². The van der Waals surface area contributed by atoms with Crippen molar-refractivity contribution in [3.8, 4) is 5.75 Å². The van der Waals surface area contributed by atoms with Gasteiger partial charge in [0.2, 0.25) is 0 Å². The van der Waals surface area contributed by atoms with Crippen LogP contribution in [0.3, 0.4) is 0 Å². The summed E-state index contributed by atoms with van der Waals surface area (Å²) in [5, 5.41) is 1.88. The fourth-order valence-corrected chi connectivity index (χ4v) is 2.43. The number of methoxy groups -OCH3 is 2. The molecule has 1 heterocycles. The van der Waals surface area contributed by atoms with Crippen molar-refractivity contribution in [3.63, 3.8) is 0 Å². The number of rotatable bonds is 5. The maximum atomic E-state index is 11.9. The highest BCUT2D eigenvalue weighted by Crippen LogP contribution is 2.20. The van der Waals surface area contributed by atoms with E-state index in [2.05, 4.69) is 9.47 Å². The van der Waals surface area contributed by atoms with Crippen molar-refractivity contribution in [2.45, 2.75) is 0 Å². The van der Waals surface area contributed by atoms with Gasteiger partial charge in [-0.3, -0.25) is 0 Å². The number of thiophene rings is 1. The average Bonchev–Trinajstić information content (AvgIpc) is 3.11. The molecule has 0 atom stereocenters. The van der Waals surface area contributed by atoms with Crippen LogP contribution in [0.15, 0.2) is 41.8 Å². The summed E-state index contributed by atoms with van der Waals surface area (Å²) in [6.45, 7) is 0. The predicted octanol–water partition coefficient (Wildman–Crippen LogP) is 2.94. The van der Waals surface area contributed by atoms with Gasteiger partial charge in [0.05, 0.1) is 25.3 Å². The number of esters is 3. The fraction of sp³-hybridized carbons (Fsp3) is 0.118. The number of carbonyl (C=O) groups is 3. The Labute approximate surface area is 142 Å². The van der Waals surface area contributed by atoms with Gasteiger partial charge in [-0.15, -0.1) is 11.3 Å². The van der Waals surface area contributed by atoms with Gasteiger partial charge in [-0.1, -0.05) is 6.07 Å². The molecule has 0 saturated heterocycles. The summed E-state index contributed by atoms with van der Waals surface area (Å²) in [7, 11) is 2.42. The maximum absolute atomic E-state index is 11.9. The third-order valence-electron chi connectivity index (χ3n) is 2.89. The Bertz CT molecular complexity index is 742. The molecule has 0 fully saturated rings. The number of hydrogen-bond donors (Lipinski definition) is 0. The highest BCUT2D eigenvalue weighted by Gasteiger charge is 2.15. The molecule has 0 aliphatic carbocycles. The molecule has 1 aromatic heterocycles. The zero-order valence-corrected chi connectivity index (χ0v) is 13.8. The molecule has 0 N–H and O–H groups in total. The quantitative estimate of drug-likeness (QED) is 0.470. The minimum atomic E-state index is -0.660. The second-order valence-electron chi connectivity index (χ2n) is 4.50. The molecule has 2 rings (SSSR count). The van der Waals surface area contributed by atoms with E-state index >= 15 is 0 Å². The first-order chi connectivity index (χ1) is 11.5. The van der Waals surface area contributed by atoms with E-state index < -0.39 is 17.9 Å². The van der Waals surface area contributed by atoms with E-state index in [1.165, 1.54) is 49.8 Å². The molecule has 0 spiro atoms. The van der Waals surface area contributed by atoms with Gasteiger partial charge in [0, 0.05) is 11.0 Å². The summed E-state index contributed by atoms with van der Waals surface area (Å²) in [6, 6.07) is 7.64. The first-order valence-corrected chi connectivity index (χ1v) is 7.66. The van der Waals surface area contributed by atoms with Crippen LogP contribution in [0.25, 0.3) is 6.08 Å². The molecule has 2 aromatic rings. The molecule has 7 heteroatoms. The topological polar surface area (TPSA) is 78.9 Å². The van der Waals surface area contributed by atoms with Crippen LogP contribution in [0.2, 0.25) is 0 Å². The number of ether oxygens (including phenoxy) is 3. The number of benzene rings is 1. The average molecular weight is 346 g/mol.